The van der Waals surface area contributed by atoms with Crippen LogP contribution >= 0.6 is 11.8 Å². The Hall–Kier alpha value is -0.960. The highest BCUT2D eigenvalue weighted by Crippen LogP contribution is 2.35. The molecule has 0 N–H and O–H groups in total. The standard InChI is InChI=1S/C16H21NOS/c18-16(14-7-4-8-14)17-10-9-15(19-12-11-17)13-5-2-1-3-6-13/h1-3,5-6,14-15H,4,7-12H2. The molecule has 1 aliphatic heterocycles. The van der Waals surface area contributed by atoms with Crippen LogP contribution in [0.4, 0.5) is 0 Å². The molecule has 1 atom stereocenters. The van der Waals surface area contributed by atoms with Gasteiger partial charge in [0.25, 0.3) is 0 Å². The Morgan fingerprint density at radius 1 is 1.11 bits per heavy atom. The zero-order valence-corrected chi connectivity index (χ0v) is 12.1. The molecular formula is C16H21NOS. The number of rotatable bonds is 2. The summed E-state index contributed by atoms with van der Waals surface area (Å²) in [4.78, 5) is 14.4. The first-order chi connectivity index (χ1) is 9.34. The van der Waals surface area contributed by atoms with Crippen molar-refractivity contribution in [2.75, 3.05) is 18.8 Å². The maximum absolute atomic E-state index is 12.3. The molecular weight excluding hydrogens is 254 g/mol. The Morgan fingerprint density at radius 2 is 1.89 bits per heavy atom. The van der Waals surface area contributed by atoms with Crippen molar-refractivity contribution in [1.29, 1.82) is 0 Å². The topological polar surface area (TPSA) is 20.3 Å². The van der Waals surface area contributed by atoms with Crippen LogP contribution in [0.5, 0.6) is 0 Å². The van der Waals surface area contributed by atoms with Crippen LogP contribution in [0.3, 0.4) is 0 Å². The number of nitrogens with zero attached hydrogens (tertiary/aromatic N) is 1. The summed E-state index contributed by atoms with van der Waals surface area (Å²) in [6.45, 7) is 1.87. The average molecular weight is 275 g/mol. The lowest BCUT2D eigenvalue weighted by Gasteiger charge is -2.30. The lowest BCUT2D eigenvalue weighted by Crippen LogP contribution is -2.40. The molecule has 3 rings (SSSR count). The summed E-state index contributed by atoms with van der Waals surface area (Å²) < 4.78 is 0. The van der Waals surface area contributed by atoms with Crippen LogP contribution in [0.15, 0.2) is 30.3 Å². The molecule has 1 aromatic carbocycles. The highest BCUT2D eigenvalue weighted by atomic mass is 32.2. The molecule has 1 unspecified atom stereocenters. The van der Waals surface area contributed by atoms with Gasteiger partial charge in [0.1, 0.15) is 0 Å². The van der Waals surface area contributed by atoms with Crippen LogP contribution in [0.25, 0.3) is 0 Å². The van der Waals surface area contributed by atoms with Gasteiger partial charge in [0, 0.05) is 30.0 Å². The molecule has 1 heterocycles. The Kier molecular flexibility index (Phi) is 4.12. The molecule has 0 bridgehead atoms. The lowest BCUT2D eigenvalue weighted by atomic mass is 9.84. The fourth-order valence-electron chi connectivity index (χ4n) is 2.84. The molecule has 1 aromatic rings. The van der Waals surface area contributed by atoms with E-state index in [1.165, 1.54) is 12.0 Å². The van der Waals surface area contributed by atoms with Gasteiger partial charge in [0.05, 0.1) is 0 Å². The molecule has 0 spiro atoms. The number of hydrogen-bond acceptors (Lipinski definition) is 2. The molecule has 102 valence electrons. The van der Waals surface area contributed by atoms with E-state index in [0.717, 1.165) is 38.1 Å². The van der Waals surface area contributed by atoms with E-state index in [1.807, 2.05) is 11.8 Å². The van der Waals surface area contributed by atoms with Gasteiger partial charge in [0.2, 0.25) is 5.91 Å². The maximum atomic E-state index is 12.3. The predicted octanol–water partition coefficient (Wildman–Crippen LogP) is 3.49. The molecule has 3 heteroatoms. The van der Waals surface area contributed by atoms with Crippen molar-refractivity contribution < 1.29 is 4.79 Å². The number of carbonyl (C=O) groups is 1. The fourth-order valence-corrected chi connectivity index (χ4v) is 4.07. The molecule has 2 fully saturated rings. The second-order valence-electron chi connectivity index (χ2n) is 5.51. The van der Waals surface area contributed by atoms with E-state index in [0.29, 0.717) is 17.1 Å². The Morgan fingerprint density at radius 3 is 2.58 bits per heavy atom. The van der Waals surface area contributed by atoms with Crippen LogP contribution in [0.1, 0.15) is 36.5 Å². The molecule has 1 amide bonds. The van der Waals surface area contributed by atoms with Gasteiger partial charge >= 0.3 is 0 Å². The summed E-state index contributed by atoms with van der Waals surface area (Å²) in [5, 5.41) is 0.556. The molecule has 1 aliphatic carbocycles. The van der Waals surface area contributed by atoms with E-state index in [-0.39, 0.29) is 0 Å². The van der Waals surface area contributed by atoms with E-state index >= 15 is 0 Å². The quantitative estimate of drug-likeness (QED) is 0.823. The van der Waals surface area contributed by atoms with Crippen molar-refractivity contribution in [2.24, 2.45) is 5.92 Å². The summed E-state index contributed by atoms with van der Waals surface area (Å²) in [5.41, 5.74) is 1.41. The minimum Gasteiger partial charge on any atom is -0.342 e. The van der Waals surface area contributed by atoms with Crippen LogP contribution in [0.2, 0.25) is 0 Å². The van der Waals surface area contributed by atoms with Crippen molar-refractivity contribution in [3.8, 4) is 0 Å². The summed E-state index contributed by atoms with van der Waals surface area (Å²) in [6, 6.07) is 10.7. The van der Waals surface area contributed by atoms with E-state index in [1.54, 1.807) is 0 Å². The Balaban J connectivity index is 1.61. The average Bonchev–Trinajstić information content (AvgIpc) is 2.63. The molecule has 1 saturated carbocycles. The number of hydrogen-bond donors (Lipinski definition) is 0. The first kappa shape index (κ1) is 13.0. The van der Waals surface area contributed by atoms with Crippen LogP contribution in [0, 0.1) is 5.92 Å². The fraction of sp³-hybridized carbons (Fsp3) is 0.562. The number of benzene rings is 1. The third kappa shape index (κ3) is 2.97. The lowest BCUT2D eigenvalue weighted by molar-refractivity contribution is -0.137. The molecule has 2 nitrogen and oxygen atoms in total. The minimum absolute atomic E-state index is 0.346. The van der Waals surface area contributed by atoms with E-state index in [9.17, 15) is 4.79 Å². The summed E-state index contributed by atoms with van der Waals surface area (Å²) in [7, 11) is 0. The first-order valence-electron chi connectivity index (χ1n) is 7.30. The van der Waals surface area contributed by atoms with Gasteiger partial charge in [-0.2, -0.15) is 11.8 Å². The van der Waals surface area contributed by atoms with Gasteiger partial charge in [-0.25, -0.2) is 0 Å². The van der Waals surface area contributed by atoms with Gasteiger partial charge in [-0.05, 0) is 24.8 Å². The number of thioether (sulfide) groups is 1. The largest absolute Gasteiger partial charge is 0.342 e. The zero-order chi connectivity index (χ0) is 13.1. The summed E-state index contributed by atoms with van der Waals surface area (Å²) in [5.74, 6) is 1.83. The van der Waals surface area contributed by atoms with Crippen molar-refractivity contribution in [3.63, 3.8) is 0 Å². The van der Waals surface area contributed by atoms with Crippen LogP contribution in [-0.2, 0) is 4.79 Å². The van der Waals surface area contributed by atoms with Gasteiger partial charge < -0.3 is 4.90 Å². The highest BCUT2D eigenvalue weighted by molar-refractivity contribution is 7.99. The van der Waals surface area contributed by atoms with E-state index in [2.05, 4.69) is 35.2 Å². The van der Waals surface area contributed by atoms with Gasteiger partial charge in [-0.1, -0.05) is 36.8 Å². The SMILES string of the molecule is O=C(C1CCC1)N1CCSC(c2ccccc2)CC1. The van der Waals surface area contributed by atoms with Crippen LogP contribution in [-0.4, -0.2) is 29.6 Å². The molecule has 1 saturated heterocycles. The van der Waals surface area contributed by atoms with E-state index in [4.69, 9.17) is 0 Å². The third-order valence-electron chi connectivity index (χ3n) is 4.28. The van der Waals surface area contributed by atoms with Crippen molar-refractivity contribution in [3.05, 3.63) is 35.9 Å². The molecule has 0 aromatic heterocycles. The van der Waals surface area contributed by atoms with Crippen molar-refractivity contribution in [2.45, 2.75) is 30.9 Å². The van der Waals surface area contributed by atoms with Gasteiger partial charge in [-0.3, -0.25) is 4.79 Å². The Bertz CT molecular complexity index is 430. The Labute approximate surface area is 119 Å². The summed E-state index contributed by atoms with van der Waals surface area (Å²) in [6.07, 6.45) is 4.56. The zero-order valence-electron chi connectivity index (χ0n) is 11.3. The third-order valence-corrected chi connectivity index (χ3v) is 5.61. The number of carbonyl (C=O) groups excluding carboxylic acids is 1. The first-order valence-corrected chi connectivity index (χ1v) is 8.35. The molecule has 0 radical (unpaired) electrons. The molecule has 2 aliphatic rings. The van der Waals surface area contributed by atoms with Gasteiger partial charge in [-0.15, -0.1) is 0 Å². The maximum Gasteiger partial charge on any atom is 0.225 e. The van der Waals surface area contributed by atoms with Crippen molar-refractivity contribution in [1.82, 2.24) is 4.90 Å². The predicted molar refractivity (Wildman–Crippen MR) is 80.2 cm³/mol. The van der Waals surface area contributed by atoms with Gasteiger partial charge in [0.15, 0.2) is 0 Å². The second kappa shape index (κ2) is 6.00. The second-order valence-corrected chi connectivity index (χ2v) is 6.82. The number of amides is 1. The normalized spacial score (nSPS) is 24.6. The van der Waals surface area contributed by atoms with E-state index < -0.39 is 0 Å². The van der Waals surface area contributed by atoms with Crippen molar-refractivity contribution >= 4 is 17.7 Å². The minimum atomic E-state index is 0.346. The van der Waals surface area contributed by atoms with Crippen LogP contribution < -0.4 is 0 Å². The summed E-state index contributed by atoms with van der Waals surface area (Å²) >= 11 is 2.00. The smallest absolute Gasteiger partial charge is 0.225 e. The highest BCUT2D eigenvalue weighted by Gasteiger charge is 2.30. The monoisotopic (exact) mass is 275 g/mol. The molecule has 19 heavy (non-hydrogen) atoms.